The van der Waals surface area contributed by atoms with E-state index in [-0.39, 0.29) is 25.0 Å². The molecule has 5 heteroatoms. The number of carbonyl (C=O) groups is 2. The molecule has 2 amide bonds. The number of para-hydroxylation sites is 1. The second-order valence-corrected chi connectivity index (χ2v) is 7.24. The van der Waals surface area contributed by atoms with E-state index in [1.165, 1.54) is 16.0 Å². The predicted octanol–water partition coefficient (Wildman–Crippen LogP) is 4.27. The van der Waals surface area contributed by atoms with Crippen LogP contribution in [0.5, 0.6) is 5.75 Å². The third-order valence-electron chi connectivity index (χ3n) is 5.36. The van der Waals surface area contributed by atoms with Gasteiger partial charge in [-0.1, -0.05) is 35.9 Å². The molecule has 134 valence electrons. The first-order chi connectivity index (χ1) is 13.1. The Hall–Kier alpha value is -2.85. The quantitative estimate of drug-likeness (QED) is 0.638. The summed E-state index contributed by atoms with van der Waals surface area (Å²) in [5, 5.41) is 2.42. The van der Waals surface area contributed by atoms with E-state index in [9.17, 15) is 9.59 Å². The fourth-order valence-corrected chi connectivity index (χ4v) is 4.27. The number of hydrogen-bond acceptors (Lipinski definition) is 3. The van der Waals surface area contributed by atoms with Gasteiger partial charge in [-0.25, -0.2) is 0 Å². The van der Waals surface area contributed by atoms with E-state index in [4.69, 9.17) is 16.3 Å². The van der Waals surface area contributed by atoms with Gasteiger partial charge in [0, 0.05) is 16.5 Å². The molecule has 0 aromatic heterocycles. The van der Waals surface area contributed by atoms with Gasteiger partial charge in [-0.15, -0.1) is 0 Å². The van der Waals surface area contributed by atoms with Gasteiger partial charge in [-0.2, -0.15) is 0 Å². The minimum Gasteiger partial charge on any atom is -0.490 e. The highest BCUT2D eigenvalue weighted by Gasteiger charge is 2.34. The number of imide groups is 1. The average molecular weight is 378 g/mol. The van der Waals surface area contributed by atoms with Crippen LogP contribution in [0.4, 0.5) is 0 Å². The number of nitrogens with zero attached hydrogens (tertiary/aromatic N) is 1. The van der Waals surface area contributed by atoms with Crippen molar-refractivity contribution in [3.8, 4) is 5.75 Å². The Kier molecular flexibility index (Phi) is 3.69. The summed E-state index contributed by atoms with van der Waals surface area (Å²) in [5.74, 6) is 0.0236. The number of rotatable bonds is 4. The van der Waals surface area contributed by atoms with Crippen molar-refractivity contribution in [1.82, 2.24) is 4.90 Å². The SMILES string of the molecule is O=C1c2ccc3c4c(ccc(c24)C(=O)N1CCOc1ccccc1Cl)CC3. The smallest absolute Gasteiger partial charge is 0.261 e. The molecule has 0 saturated heterocycles. The maximum absolute atomic E-state index is 13.0. The first-order valence-corrected chi connectivity index (χ1v) is 9.34. The molecule has 0 N–H and O–H groups in total. The Bertz CT molecular complexity index is 1060. The molecule has 27 heavy (non-hydrogen) atoms. The topological polar surface area (TPSA) is 46.6 Å². The highest BCUT2D eigenvalue weighted by Crippen LogP contribution is 2.38. The lowest BCUT2D eigenvalue weighted by atomic mass is 9.91. The summed E-state index contributed by atoms with van der Waals surface area (Å²) in [6, 6.07) is 14.9. The number of carbonyl (C=O) groups excluding carboxylic acids is 2. The molecule has 0 atom stereocenters. The second-order valence-electron chi connectivity index (χ2n) is 6.84. The summed E-state index contributed by atoms with van der Waals surface area (Å²) < 4.78 is 5.67. The molecule has 1 aliphatic carbocycles. The molecule has 0 spiro atoms. The van der Waals surface area contributed by atoms with Crippen molar-refractivity contribution in [2.45, 2.75) is 12.8 Å². The fraction of sp³-hybridized carbons (Fsp3) is 0.182. The highest BCUT2D eigenvalue weighted by molar-refractivity contribution is 6.32. The molecule has 1 aliphatic heterocycles. The first-order valence-electron chi connectivity index (χ1n) is 8.96. The van der Waals surface area contributed by atoms with Gasteiger partial charge in [-0.3, -0.25) is 14.5 Å². The van der Waals surface area contributed by atoms with Crippen molar-refractivity contribution in [3.63, 3.8) is 0 Å². The normalized spacial score (nSPS) is 14.9. The largest absolute Gasteiger partial charge is 0.490 e. The van der Waals surface area contributed by atoms with Gasteiger partial charge < -0.3 is 4.74 Å². The van der Waals surface area contributed by atoms with E-state index in [2.05, 4.69) is 0 Å². The standard InChI is InChI=1S/C22H16ClNO3/c23-17-3-1-2-4-18(17)27-12-11-24-21(25)15-9-7-13-5-6-14-8-10-16(22(24)26)20(15)19(13)14/h1-4,7-10H,5-6,11-12H2. The van der Waals surface area contributed by atoms with Gasteiger partial charge >= 0.3 is 0 Å². The van der Waals surface area contributed by atoms with Crippen molar-refractivity contribution in [2.24, 2.45) is 0 Å². The number of hydrogen-bond donors (Lipinski definition) is 0. The molecule has 0 unspecified atom stereocenters. The average Bonchev–Trinajstić information content (AvgIpc) is 3.10. The molecule has 0 radical (unpaired) electrons. The first kappa shape index (κ1) is 16.3. The Labute approximate surface area is 161 Å². The fourth-order valence-electron chi connectivity index (χ4n) is 4.08. The van der Waals surface area contributed by atoms with Crippen LogP contribution in [0.3, 0.4) is 0 Å². The summed E-state index contributed by atoms with van der Waals surface area (Å²) in [6.07, 6.45) is 1.93. The van der Waals surface area contributed by atoms with Crippen LogP contribution in [-0.2, 0) is 12.8 Å². The van der Waals surface area contributed by atoms with E-state index in [1.807, 2.05) is 36.4 Å². The van der Waals surface area contributed by atoms with Gasteiger partial charge in [0.15, 0.2) is 0 Å². The van der Waals surface area contributed by atoms with Crippen LogP contribution < -0.4 is 4.74 Å². The van der Waals surface area contributed by atoms with E-state index in [0.29, 0.717) is 21.9 Å². The molecule has 3 aromatic rings. The zero-order valence-corrected chi connectivity index (χ0v) is 15.3. The van der Waals surface area contributed by atoms with E-state index in [1.54, 1.807) is 12.1 Å². The van der Waals surface area contributed by atoms with Crippen molar-refractivity contribution < 1.29 is 14.3 Å². The van der Waals surface area contributed by atoms with Crippen LogP contribution in [0.15, 0.2) is 48.5 Å². The second kappa shape index (κ2) is 6.10. The van der Waals surface area contributed by atoms with E-state index >= 15 is 0 Å². The van der Waals surface area contributed by atoms with Crippen LogP contribution >= 0.6 is 11.6 Å². The summed E-state index contributed by atoms with van der Waals surface area (Å²) in [5.41, 5.74) is 3.65. The summed E-state index contributed by atoms with van der Waals surface area (Å²) in [6.45, 7) is 0.364. The van der Waals surface area contributed by atoms with Crippen LogP contribution in [-0.4, -0.2) is 29.9 Å². The Morgan fingerprint density at radius 2 is 1.48 bits per heavy atom. The Morgan fingerprint density at radius 3 is 2.11 bits per heavy atom. The minimum atomic E-state index is -0.258. The van der Waals surface area contributed by atoms with Crippen LogP contribution in [0.1, 0.15) is 31.8 Å². The number of amides is 2. The maximum atomic E-state index is 13.0. The van der Waals surface area contributed by atoms with Gasteiger partial charge in [0.25, 0.3) is 11.8 Å². The zero-order chi connectivity index (χ0) is 18.5. The third-order valence-corrected chi connectivity index (χ3v) is 5.67. The highest BCUT2D eigenvalue weighted by atomic mass is 35.5. The van der Waals surface area contributed by atoms with E-state index < -0.39 is 0 Å². The number of halogens is 1. The molecule has 0 bridgehead atoms. The van der Waals surface area contributed by atoms with Crippen molar-refractivity contribution >= 4 is 34.2 Å². The van der Waals surface area contributed by atoms with Crippen LogP contribution in [0.2, 0.25) is 5.02 Å². The maximum Gasteiger partial charge on any atom is 0.261 e. The minimum absolute atomic E-state index is 0.174. The van der Waals surface area contributed by atoms with Crippen molar-refractivity contribution in [2.75, 3.05) is 13.2 Å². The number of benzene rings is 3. The lowest BCUT2D eigenvalue weighted by molar-refractivity contribution is 0.0587. The third kappa shape index (κ3) is 2.44. The van der Waals surface area contributed by atoms with Gasteiger partial charge in [0.05, 0.1) is 11.6 Å². The lowest BCUT2D eigenvalue weighted by Crippen LogP contribution is -2.42. The number of aryl methyl sites for hydroxylation is 2. The molecule has 3 aromatic carbocycles. The number of ether oxygens (including phenoxy) is 1. The molecule has 2 aliphatic rings. The molecular weight excluding hydrogens is 362 g/mol. The van der Waals surface area contributed by atoms with Crippen molar-refractivity contribution in [3.05, 3.63) is 75.8 Å². The molecular formula is C22H16ClNO3. The summed E-state index contributed by atoms with van der Waals surface area (Å²) in [4.78, 5) is 27.2. The zero-order valence-electron chi connectivity index (χ0n) is 14.5. The summed E-state index contributed by atoms with van der Waals surface area (Å²) >= 11 is 6.09. The van der Waals surface area contributed by atoms with E-state index in [0.717, 1.165) is 23.6 Å². The molecule has 0 fully saturated rings. The predicted molar refractivity (Wildman–Crippen MR) is 104 cm³/mol. The lowest BCUT2D eigenvalue weighted by Gasteiger charge is -2.27. The van der Waals surface area contributed by atoms with Gasteiger partial charge in [-0.05, 0) is 53.6 Å². The molecule has 1 heterocycles. The molecule has 4 nitrogen and oxygen atoms in total. The van der Waals surface area contributed by atoms with Crippen LogP contribution in [0.25, 0.3) is 10.8 Å². The molecule has 5 rings (SSSR count). The van der Waals surface area contributed by atoms with Crippen LogP contribution in [0, 0.1) is 0 Å². The van der Waals surface area contributed by atoms with Gasteiger partial charge in [0.1, 0.15) is 12.4 Å². The van der Waals surface area contributed by atoms with Crippen molar-refractivity contribution in [1.29, 1.82) is 0 Å². The monoisotopic (exact) mass is 377 g/mol. The Balaban J connectivity index is 1.46. The Morgan fingerprint density at radius 1 is 0.852 bits per heavy atom. The summed E-state index contributed by atoms with van der Waals surface area (Å²) in [7, 11) is 0. The van der Waals surface area contributed by atoms with Gasteiger partial charge in [0.2, 0.25) is 0 Å². The molecule has 0 saturated carbocycles.